The maximum atomic E-state index is 11.9. The number of ether oxygens (including phenoxy) is 1. The van der Waals surface area contributed by atoms with Crippen LogP contribution >= 0.6 is 12.4 Å². The number of carbonyl (C=O) groups excluding carboxylic acids is 1. The third-order valence-corrected chi connectivity index (χ3v) is 1.71. The molecule has 2 N–H and O–H groups in total. The Labute approximate surface area is 108 Å². The van der Waals surface area contributed by atoms with Gasteiger partial charge in [0.2, 0.25) is 5.91 Å². The van der Waals surface area contributed by atoms with Crippen LogP contribution in [-0.4, -0.2) is 25.9 Å². The lowest BCUT2D eigenvalue weighted by Gasteiger charge is -2.09. The normalized spacial score (nSPS) is 10.4. The number of likely N-dealkylation sites (N-methyl/N-ethyl adjacent to an activating group) is 1. The molecule has 102 valence electrons. The van der Waals surface area contributed by atoms with Crippen molar-refractivity contribution in [1.29, 1.82) is 0 Å². The van der Waals surface area contributed by atoms with Crippen molar-refractivity contribution < 1.29 is 22.7 Å². The summed E-state index contributed by atoms with van der Waals surface area (Å²) in [7, 11) is 1.61. The zero-order valence-corrected chi connectivity index (χ0v) is 10.2. The van der Waals surface area contributed by atoms with E-state index in [-0.39, 0.29) is 30.6 Å². The van der Waals surface area contributed by atoms with Gasteiger partial charge in [-0.15, -0.1) is 25.6 Å². The molecule has 0 spiro atoms. The van der Waals surface area contributed by atoms with Crippen molar-refractivity contribution in [2.24, 2.45) is 0 Å². The summed E-state index contributed by atoms with van der Waals surface area (Å²) < 4.78 is 39.2. The minimum absolute atomic E-state index is 0. The van der Waals surface area contributed by atoms with Crippen molar-refractivity contribution >= 4 is 24.0 Å². The van der Waals surface area contributed by atoms with E-state index in [1.807, 2.05) is 0 Å². The van der Waals surface area contributed by atoms with Gasteiger partial charge in [0.1, 0.15) is 5.75 Å². The first kappa shape index (κ1) is 16.5. The minimum Gasteiger partial charge on any atom is -0.406 e. The molecule has 0 aliphatic carbocycles. The number of rotatable bonds is 4. The van der Waals surface area contributed by atoms with E-state index in [9.17, 15) is 18.0 Å². The Morgan fingerprint density at radius 2 is 1.83 bits per heavy atom. The Morgan fingerprint density at radius 3 is 2.28 bits per heavy atom. The number of benzene rings is 1. The molecule has 0 heterocycles. The van der Waals surface area contributed by atoms with Crippen molar-refractivity contribution in [3.63, 3.8) is 0 Å². The Morgan fingerprint density at radius 1 is 1.28 bits per heavy atom. The average Bonchev–Trinajstić information content (AvgIpc) is 2.19. The van der Waals surface area contributed by atoms with E-state index in [0.29, 0.717) is 5.69 Å². The second-order valence-corrected chi connectivity index (χ2v) is 3.15. The van der Waals surface area contributed by atoms with E-state index >= 15 is 0 Å². The van der Waals surface area contributed by atoms with Gasteiger partial charge in [-0.2, -0.15) is 0 Å². The van der Waals surface area contributed by atoms with Crippen LogP contribution in [-0.2, 0) is 4.79 Å². The maximum absolute atomic E-state index is 11.9. The van der Waals surface area contributed by atoms with E-state index in [1.165, 1.54) is 12.1 Å². The quantitative estimate of drug-likeness (QED) is 0.891. The molecule has 0 fully saturated rings. The van der Waals surface area contributed by atoms with Gasteiger partial charge in [0.15, 0.2) is 0 Å². The lowest BCUT2D eigenvalue weighted by Crippen LogP contribution is -2.25. The van der Waals surface area contributed by atoms with Crippen molar-refractivity contribution in [2.75, 3.05) is 18.9 Å². The van der Waals surface area contributed by atoms with Gasteiger partial charge in [-0.05, 0) is 31.3 Å². The molecule has 0 bridgehead atoms. The second kappa shape index (κ2) is 7.07. The van der Waals surface area contributed by atoms with Crippen LogP contribution in [0.4, 0.5) is 18.9 Å². The second-order valence-electron chi connectivity index (χ2n) is 3.15. The lowest BCUT2D eigenvalue weighted by molar-refractivity contribution is -0.274. The first-order valence-electron chi connectivity index (χ1n) is 4.71. The Hall–Kier alpha value is -1.47. The zero-order chi connectivity index (χ0) is 12.9. The largest absolute Gasteiger partial charge is 0.573 e. The fourth-order valence-corrected chi connectivity index (χ4v) is 1.11. The molecule has 1 aromatic rings. The van der Waals surface area contributed by atoms with Gasteiger partial charge in [-0.25, -0.2) is 0 Å². The highest BCUT2D eigenvalue weighted by Gasteiger charge is 2.30. The molecule has 1 rings (SSSR count). The molecule has 1 amide bonds. The van der Waals surface area contributed by atoms with Gasteiger partial charge >= 0.3 is 6.36 Å². The molecular formula is C10H12ClF3N2O2. The summed E-state index contributed by atoms with van der Waals surface area (Å²) in [6, 6.07) is 4.91. The summed E-state index contributed by atoms with van der Waals surface area (Å²) in [5, 5.41) is 5.14. The van der Waals surface area contributed by atoms with Gasteiger partial charge in [-0.1, -0.05) is 0 Å². The topological polar surface area (TPSA) is 50.4 Å². The van der Waals surface area contributed by atoms with Crippen LogP contribution in [0.3, 0.4) is 0 Å². The van der Waals surface area contributed by atoms with Crippen molar-refractivity contribution in [2.45, 2.75) is 6.36 Å². The van der Waals surface area contributed by atoms with Crippen LogP contribution in [0, 0.1) is 0 Å². The summed E-state index contributed by atoms with van der Waals surface area (Å²) >= 11 is 0. The number of carbonyl (C=O) groups is 1. The van der Waals surface area contributed by atoms with E-state index in [4.69, 9.17) is 0 Å². The van der Waals surface area contributed by atoms with Gasteiger partial charge in [0.25, 0.3) is 0 Å². The number of amides is 1. The number of alkyl halides is 3. The Kier molecular flexibility index (Phi) is 6.50. The molecule has 8 heteroatoms. The molecule has 0 unspecified atom stereocenters. The molecule has 0 saturated heterocycles. The van der Waals surface area contributed by atoms with E-state index in [0.717, 1.165) is 12.1 Å². The molecule has 4 nitrogen and oxygen atoms in total. The number of nitrogens with one attached hydrogen (secondary N) is 2. The smallest absolute Gasteiger partial charge is 0.406 e. The van der Waals surface area contributed by atoms with Gasteiger partial charge in [0.05, 0.1) is 6.54 Å². The van der Waals surface area contributed by atoms with Crippen LogP contribution in [0.15, 0.2) is 24.3 Å². The molecule has 0 saturated carbocycles. The first-order chi connectivity index (χ1) is 7.90. The predicted octanol–water partition coefficient (Wildman–Crippen LogP) is 2.16. The third-order valence-electron chi connectivity index (χ3n) is 1.71. The first-order valence-corrected chi connectivity index (χ1v) is 4.71. The highest BCUT2D eigenvalue weighted by molar-refractivity contribution is 5.92. The van der Waals surface area contributed by atoms with E-state index < -0.39 is 6.36 Å². The molecule has 18 heavy (non-hydrogen) atoms. The molecule has 0 aliphatic rings. The van der Waals surface area contributed by atoms with Crippen LogP contribution < -0.4 is 15.4 Å². The van der Waals surface area contributed by atoms with Crippen LogP contribution in [0.1, 0.15) is 0 Å². The van der Waals surface area contributed by atoms with E-state index in [2.05, 4.69) is 15.4 Å². The van der Waals surface area contributed by atoms with Gasteiger partial charge < -0.3 is 15.4 Å². The number of hydrogen-bond donors (Lipinski definition) is 2. The highest BCUT2D eigenvalue weighted by Crippen LogP contribution is 2.23. The van der Waals surface area contributed by atoms with Crippen molar-refractivity contribution in [3.8, 4) is 5.75 Å². The van der Waals surface area contributed by atoms with Gasteiger partial charge in [-0.3, -0.25) is 4.79 Å². The highest BCUT2D eigenvalue weighted by atomic mass is 35.5. The van der Waals surface area contributed by atoms with Crippen molar-refractivity contribution in [1.82, 2.24) is 5.32 Å². The average molecular weight is 285 g/mol. The fourth-order valence-electron chi connectivity index (χ4n) is 1.11. The number of halogens is 4. The SMILES string of the molecule is CNCC(=O)Nc1ccc(OC(F)(F)F)cc1.Cl. The molecule has 0 aromatic heterocycles. The summed E-state index contributed by atoms with van der Waals surface area (Å²) in [4.78, 5) is 11.1. The Balaban J connectivity index is 0.00000289. The van der Waals surface area contributed by atoms with Crippen molar-refractivity contribution in [3.05, 3.63) is 24.3 Å². The summed E-state index contributed by atoms with van der Waals surface area (Å²) in [6.45, 7) is 0.126. The maximum Gasteiger partial charge on any atom is 0.573 e. The summed E-state index contributed by atoms with van der Waals surface area (Å²) in [6.07, 6.45) is -4.71. The van der Waals surface area contributed by atoms with E-state index in [1.54, 1.807) is 7.05 Å². The molecule has 0 atom stereocenters. The monoisotopic (exact) mass is 284 g/mol. The Bertz CT molecular complexity index is 382. The van der Waals surface area contributed by atoms with Crippen LogP contribution in [0.25, 0.3) is 0 Å². The summed E-state index contributed by atoms with van der Waals surface area (Å²) in [5.41, 5.74) is 0.403. The molecule has 0 aliphatic heterocycles. The summed E-state index contributed by atoms with van der Waals surface area (Å²) in [5.74, 6) is -0.610. The number of hydrogen-bond acceptors (Lipinski definition) is 3. The minimum atomic E-state index is -4.71. The molecule has 1 aromatic carbocycles. The third kappa shape index (κ3) is 6.31. The lowest BCUT2D eigenvalue weighted by atomic mass is 10.3. The predicted molar refractivity (Wildman–Crippen MR) is 62.9 cm³/mol. The molecular weight excluding hydrogens is 273 g/mol. The fraction of sp³-hybridized carbons (Fsp3) is 0.300. The van der Waals surface area contributed by atoms with Crippen LogP contribution in [0.2, 0.25) is 0 Å². The zero-order valence-electron chi connectivity index (χ0n) is 9.38. The number of anilines is 1. The molecule has 0 radical (unpaired) electrons. The van der Waals surface area contributed by atoms with Gasteiger partial charge in [0, 0.05) is 5.69 Å². The van der Waals surface area contributed by atoms with Crippen LogP contribution in [0.5, 0.6) is 5.75 Å². The standard InChI is InChI=1S/C10H11F3N2O2.ClH/c1-14-6-9(16)15-7-2-4-8(5-3-7)17-10(11,12)13;/h2-5,14H,6H2,1H3,(H,15,16);1H.